The van der Waals surface area contributed by atoms with E-state index in [9.17, 15) is 9.59 Å². The highest BCUT2D eigenvalue weighted by molar-refractivity contribution is 9.10. The number of carboxylic acids is 1. The second-order valence-corrected chi connectivity index (χ2v) is 6.17. The maximum Gasteiger partial charge on any atom is 0.345 e. The van der Waals surface area contributed by atoms with Crippen molar-refractivity contribution in [1.82, 2.24) is 0 Å². The number of carbonyl (C=O) groups excluding carboxylic acids is 1. The number of anilines is 1. The van der Waals surface area contributed by atoms with Gasteiger partial charge >= 0.3 is 5.97 Å². The van der Waals surface area contributed by atoms with Crippen LogP contribution < -0.4 is 10.1 Å². The van der Waals surface area contributed by atoms with Crippen LogP contribution in [0, 0.1) is 0 Å². The molecule has 1 aromatic carbocycles. The predicted octanol–water partition coefficient (Wildman–Crippen LogP) is 3.61. The molecule has 0 fully saturated rings. The van der Waals surface area contributed by atoms with Crippen LogP contribution in [0.3, 0.4) is 0 Å². The fourth-order valence-corrected chi connectivity index (χ4v) is 2.53. The lowest BCUT2D eigenvalue weighted by molar-refractivity contribution is -0.122. The Morgan fingerprint density at radius 3 is 2.48 bits per heavy atom. The molecule has 2 N–H and O–H groups in total. The first-order chi connectivity index (χ1) is 9.95. The number of ether oxygens (including phenoxy) is 1. The second kappa shape index (κ2) is 6.73. The van der Waals surface area contributed by atoms with Gasteiger partial charge in [0, 0.05) is 4.47 Å². The summed E-state index contributed by atoms with van der Waals surface area (Å²) < 4.78 is 6.44. The van der Waals surface area contributed by atoms with Crippen molar-refractivity contribution in [2.24, 2.45) is 0 Å². The summed E-state index contributed by atoms with van der Waals surface area (Å²) in [5, 5.41) is 11.9. The largest absolute Gasteiger partial charge is 0.481 e. The van der Waals surface area contributed by atoms with Gasteiger partial charge in [-0.05, 0) is 43.3 Å². The zero-order valence-electron chi connectivity index (χ0n) is 11.0. The Labute approximate surface area is 133 Å². The minimum atomic E-state index is -1.01. The number of thiophene rings is 1. The van der Waals surface area contributed by atoms with Gasteiger partial charge in [0.2, 0.25) is 0 Å². The first-order valence-electron chi connectivity index (χ1n) is 6.02. The van der Waals surface area contributed by atoms with Gasteiger partial charge in [-0.1, -0.05) is 15.9 Å². The van der Waals surface area contributed by atoms with E-state index in [1.54, 1.807) is 25.1 Å². The second-order valence-electron chi connectivity index (χ2n) is 4.17. The van der Waals surface area contributed by atoms with Crippen LogP contribution in [0.4, 0.5) is 5.00 Å². The number of amides is 1. The molecule has 1 aromatic heterocycles. The highest BCUT2D eigenvalue weighted by Gasteiger charge is 2.16. The van der Waals surface area contributed by atoms with Crippen LogP contribution in [0.15, 0.2) is 40.9 Å². The Kier molecular flexibility index (Phi) is 4.98. The van der Waals surface area contributed by atoms with Crippen LogP contribution in [0.2, 0.25) is 0 Å². The number of hydrogen-bond donors (Lipinski definition) is 2. The molecule has 0 aliphatic heterocycles. The molecule has 7 heteroatoms. The van der Waals surface area contributed by atoms with Gasteiger partial charge in [-0.15, -0.1) is 11.3 Å². The third kappa shape index (κ3) is 4.30. The fraction of sp³-hybridized carbons (Fsp3) is 0.143. The molecule has 0 saturated carbocycles. The zero-order valence-corrected chi connectivity index (χ0v) is 13.4. The third-order valence-corrected chi connectivity index (χ3v) is 4.08. The number of carbonyl (C=O) groups is 2. The molecular formula is C14H12BrNO4S. The number of hydrogen-bond acceptors (Lipinski definition) is 4. The third-order valence-electron chi connectivity index (χ3n) is 2.56. The van der Waals surface area contributed by atoms with E-state index >= 15 is 0 Å². The zero-order chi connectivity index (χ0) is 15.4. The number of rotatable bonds is 5. The van der Waals surface area contributed by atoms with Crippen molar-refractivity contribution in [2.45, 2.75) is 13.0 Å². The van der Waals surface area contributed by atoms with E-state index in [2.05, 4.69) is 21.2 Å². The van der Waals surface area contributed by atoms with Crippen LogP contribution in [0.5, 0.6) is 5.75 Å². The molecule has 1 unspecified atom stereocenters. The van der Waals surface area contributed by atoms with E-state index < -0.39 is 12.1 Å². The van der Waals surface area contributed by atoms with E-state index in [1.807, 2.05) is 12.1 Å². The molecule has 2 aromatic rings. The Bertz CT molecular complexity index is 653. The summed E-state index contributed by atoms with van der Waals surface area (Å²) in [4.78, 5) is 22.9. The van der Waals surface area contributed by atoms with Crippen LogP contribution in [0.25, 0.3) is 0 Å². The maximum atomic E-state index is 12.0. The molecule has 1 atom stereocenters. The van der Waals surface area contributed by atoms with Gasteiger partial charge in [-0.2, -0.15) is 0 Å². The summed E-state index contributed by atoms with van der Waals surface area (Å²) in [5.74, 6) is -0.769. The number of benzene rings is 1. The topological polar surface area (TPSA) is 75.6 Å². The monoisotopic (exact) mass is 369 g/mol. The van der Waals surface area contributed by atoms with Gasteiger partial charge in [0.25, 0.3) is 5.91 Å². The van der Waals surface area contributed by atoms with Crippen molar-refractivity contribution in [3.8, 4) is 5.75 Å². The van der Waals surface area contributed by atoms with E-state index in [0.29, 0.717) is 10.8 Å². The molecule has 21 heavy (non-hydrogen) atoms. The number of halogens is 1. The molecular weight excluding hydrogens is 358 g/mol. The lowest BCUT2D eigenvalue weighted by Gasteiger charge is -2.14. The number of carboxylic acid groups (broad SMARTS) is 1. The van der Waals surface area contributed by atoms with Crippen LogP contribution in [-0.2, 0) is 4.79 Å². The van der Waals surface area contributed by atoms with E-state index in [4.69, 9.17) is 9.84 Å². The molecule has 0 spiro atoms. The fourth-order valence-electron chi connectivity index (χ4n) is 1.51. The maximum absolute atomic E-state index is 12.0. The summed E-state index contributed by atoms with van der Waals surface area (Å²) in [7, 11) is 0. The first kappa shape index (κ1) is 15.5. The molecule has 5 nitrogen and oxygen atoms in total. The van der Waals surface area contributed by atoms with Gasteiger partial charge < -0.3 is 15.2 Å². The van der Waals surface area contributed by atoms with Crippen molar-refractivity contribution in [3.63, 3.8) is 0 Å². The minimum absolute atomic E-state index is 0.173. The molecule has 0 aliphatic rings. The molecule has 1 amide bonds. The molecule has 0 bridgehead atoms. The summed E-state index contributed by atoms with van der Waals surface area (Å²) in [6, 6.07) is 10.1. The molecule has 0 saturated heterocycles. The average Bonchev–Trinajstić information content (AvgIpc) is 2.90. The average molecular weight is 370 g/mol. The highest BCUT2D eigenvalue weighted by atomic mass is 79.9. The Morgan fingerprint density at radius 1 is 1.24 bits per heavy atom. The van der Waals surface area contributed by atoms with Crippen LogP contribution in [0.1, 0.15) is 16.6 Å². The lowest BCUT2D eigenvalue weighted by atomic mass is 10.3. The van der Waals surface area contributed by atoms with Crippen molar-refractivity contribution in [3.05, 3.63) is 45.7 Å². The van der Waals surface area contributed by atoms with E-state index in [0.717, 1.165) is 15.8 Å². The SMILES string of the molecule is CC(Oc1ccc(Br)cc1)C(=O)Nc1ccc(C(=O)O)s1. The lowest BCUT2D eigenvalue weighted by Crippen LogP contribution is -2.29. The summed E-state index contributed by atoms with van der Waals surface area (Å²) in [6.07, 6.45) is -0.693. The molecule has 2 rings (SSSR count). The standard InChI is InChI=1S/C14H12BrNO4S/c1-8(20-10-4-2-9(15)3-5-10)13(17)16-12-7-6-11(21-12)14(18)19/h2-8H,1H3,(H,16,17)(H,18,19). The summed E-state index contributed by atoms with van der Waals surface area (Å²) >= 11 is 4.32. The van der Waals surface area contributed by atoms with Gasteiger partial charge in [-0.3, -0.25) is 4.79 Å². The molecule has 0 radical (unpaired) electrons. The van der Waals surface area contributed by atoms with Crippen molar-refractivity contribution < 1.29 is 19.4 Å². The van der Waals surface area contributed by atoms with Crippen molar-refractivity contribution in [1.29, 1.82) is 0 Å². The molecule has 110 valence electrons. The smallest absolute Gasteiger partial charge is 0.345 e. The van der Waals surface area contributed by atoms with Gasteiger partial charge in [0.05, 0.1) is 5.00 Å². The quantitative estimate of drug-likeness (QED) is 0.843. The van der Waals surface area contributed by atoms with Gasteiger partial charge in [0.1, 0.15) is 10.6 Å². The Hall–Kier alpha value is -1.86. The molecule has 1 heterocycles. The van der Waals surface area contributed by atoms with Crippen LogP contribution in [-0.4, -0.2) is 23.1 Å². The summed E-state index contributed by atoms with van der Waals surface area (Å²) in [5.41, 5.74) is 0. The van der Waals surface area contributed by atoms with Gasteiger partial charge in [0.15, 0.2) is 6.10 Å². The molecule has 0 aliphatic carbocycles. The minimum Gasteiger partial charge on any atom is -0.481 e. The Morgan fingerprint density at radius 2 is 1.90 bits per heavy atom. The number of nitrogens with one attached hydrogen (secondary N) is 1. The van der Waals surface area contributed by atoms with Crippen molar-refractivity contribution >= 4 is 44.1 Å². The van der Waals surface area contributed by atoms with E-state index in [1.165, 1.54) is 6.07 Å². The summed E-state index contributed by atoms with van der Waals surface area (Å²) in [6.45, 7) is 1.63. The first-order valence-corrected chi connectivity index (χ1v) is 7.63. The number of aromatic carboxylic acids is 1. The van der Waals surface area contributed by atoms with Crippen LogP contribution >= 0.6 is 27.3 Å². The predicted molar refractivity (Wildman–Crippen MR) is 84.1 cm³/mol. The van der Waals surface area contributed by atoms with E-state index in [-0.39, 0.29) is 10.8 Å². The highest BCUT2D eigenvalue weighted by Crippen LogP contribution is 2.22. The normalized spacial score (nSPS) is 11.7. The van der Waals surface area contributed by atoms with Gasteiger partial charge in [-0.25, -0.2) is 4.79 Å². The van der Waals surface area contributed by atoms with Crippen molar-refractivity contribution in [2.75, 3.05) is 5.32 Å². The Balaban J connectivity index is 1.95.